The molecule has 0 saturated carbocycles. The van der Waals surface area contributed by atoms with Crippen LogP contribution in [0.3, 0.4) is 0 Å². The molecule has 1 aromatic carbocycles. The molecule has 0 heterocycles. The maximum atomic E-state index is 12.8. The lowest BCUT2D eigenvalue weighted by molar-refractivity contribution is -0.136. The molecule has 0 atom stereocenters. The number of carboxylic acids is 1. The maximum Gasteiger partial charge on any atom is 0.305 e. The van der Waals surface area contributed by atoms with Gasteiger partial charge >= 0.3 is 5.97 Å². The highest BCUT2D eigenvalue weighted by molar-refractivity contribution is 6.63. The van der Waals surface area contributed by atoms with E-state index in [4.69, 9.17) is 5.11 Å². The van der Waals surface area contributed by atoms with Crippen LogP contribution in [0.15, 0.2) is 59.0 Å². The van der Waals surface area contributed by atoms with Crippen LogP contribution in [0.5, 0.6) is 5.75 Å². The van der Waals surface area contributed by atoms with Crippen LogP contribution in [0.4, 0.5) is 5.69 Å². The molecule has 0 bridgehead atoms. The molecule has 0 fully saturated rings. The minimum atomic E-state index is -1.02. The number of rotatable bonds is 9. The van der Waals surface area contributed by atoms with Crippen LogP contribution in [0, 0.1) is 0 Å². The van der Waals surface area contributed by atoms with Crippen molar-refractivity contribution in [3.8, 4) is 5.75 Å². The molecular weight excluding hydrogens is 452 g/mol. The molecule has 0 unspecified atom stereocenters. The molecule has 1 aromatic rings. The summed E-state index contributed by atoms with van der Waals surface area (Å²) in [5.74, 6) is -4.53. The lowest BCUT2D eigenvalue weighted by Gasteiger charge is -2.24. The smallest absolute Gasteiger partial charge is 0.305 e. The number of aliphatic carboxylic acids is 1. The fourth-order valence-electron chi connectivity index (χ4n) is 4.20. The average Bonchev–Trinajstić information content (AvgIpc) is 3.03. The van der Waals surface area contributed by atoms with Gasteiger partial charge in [-0.1, -0.05) is 0 Å². The zero-order chi connectivity index (χ0) is 25.9. The van der Waals surface area contributed by atoms with E-state index >= 15 is 0 Å². The van der Waals surface area contributed by atoms with Crippen LogP contribution < -0.4 is 4.90 Å². The van der Waals surface area contributed by atoms with Crippen molar-refractivity contribution in [1.82, 2.24) is 4.90 Å². The van der Waals surface area contributed by atoms with Gasteiger partial charge in [-0.05, 0) is 45.1 Å². The van der Waals surface area contributed by atoms with Gasteiger partial charge in [-0.25, -0.2) is 0 Å². The van der Waals surface area contributed by atoms with Crippen molar-refractivity contribution in [2.24, 2.45) is 0 Å². The number of aliphatic hydroxyl groups is 1. The first-order chi connectivity index (χ1) is 16.6. The van der Waals surface area contributed by atoms with Crippen molar-refractivity contribution in [3.63, 3.8) is 0 Å². The minimum absolute atomic E-state index is 0.0545. The number of Topliss-reactive ketones (excluding diaryl/α,β-unsaturated/α-hetero) is 2. The molecule has 35 heavy (non-hydrogen) atoms. The minimum Gasteiger partial charge on any atom is -0.507 e. The number of hydrogen-bond acceptors (Lipinski definition) is 8. The molecule has 2 aliphatic carbocycles. The average molecular weight is 481 g/mol. The van der Waals surface area contributed by atoms with E-state index in [1.807, 2.05) is 25.7 Å². The van der Waals surface area contributed by atoms with Crippen LogP contribution in [-0.4, -0.2) is 69.7 Å². The third-order valence-corrected chi connectivity index (χ3v) is 6.09. The largest absolute Gasteiger partial charge is 0.507 e. The van der Waals surface area contributed by atoms with Crippen LogP contribution in [0.1, 0.15) is 32.8 Å². The first-order valence-corrected chi connectivity index (χ1v) is 11.4. The summed E-state index contributed by atoms with van der Waals surface area (Å²) >= 11 is 0. The van der Waals surface area contributed by atoms with Gasteiger partial charge < -0.3 is 25.1 Å². The number of anilines is 1. The van der Waals surface area contributed by atoms with Gasteiger partial charge in [0.2, 0.25) is 11.6 Å². The molecule has 0 amide bonds. The molecule has 3 rings (SSSR count). The summed E-state index contributed by atoms with van der Waals surface area (Å²) in [7, 11) is 0. The van der Waals surface area contributed by atoms with E-state index in [0.29, 0.717) is 31.0 Å². The van der Waals surface area contributed by atoms with Crippen LogP contribution in [-0.2, 0) is 19.2 Å². The molecule has 2 aliphatic rings. The summed E-state index contributed by atoms with van der Waals surface area (Å²) < 4.78 is 0. The highest BCUT2D eigenvalue weighted by Crippen LogP contribution is 2.39. The fourth-order valence-corrected chi connectivity index (χ4v) is 4.20. The monoisotopic (exact) mass is 480 g/mol. The number of ketones is 3. The molecule has 0 aliphatic heterocycles. The number of phenols is 1. The molecule has 9 heteroatoms. The van der Waals surface area contributed by atoms with Gasteiger partial charge in [0.15, 0.2) is 5.78 Å². The Morgan fingerprint density at radius 1 is 0.886 bits per heavy atom. The summed E-state index contributed by atoms with van der Waals surface area (Å²) in [5.41, 5.74) is 0.275. The number of carboxylic acid groups (broad SMARTS) is 1. The third kappa shape index (κ3) is 4.89. The number of likely N-dealkylation sites (N-methyl/N-ethyl adjacent to an activating group) is 1. The third-order valence-electron chi connectivity index (χ3n) is 6.09. The van der Waals surface area contributed by atoms with Gasteiger partial charge in [0.05, 0.1) is 17.6 Å². The summed E-state index contributed by atoms with van der Waals surface area (Å²) in [6, 6.07) is 4.29. The summed E-state index contributed by atoms with van der Waals surface area (Å²) in [6.45, 7) is 7.77. The Bertz CT molecular complexity index is 1220. The lowest BCUT2D eigenvalue weighted by atomic mass is 9.96. The number of aliphatic hydroxyl groups excluding tert-OH is 1. The second-order valence-electron chi connectivity index (χ2n) is 8.03. The van der Waals surface area contributed by atoms with E-state index in [1.165, 1.54) is 24.3 Å². The Balaban J connectivity index is 2.01. The highest BCUT2D eigenvalue weighted by atomic mass is 16.4. The normalized spacial score (nSPS) is 17.8. The number of allylic oxidation sites excluding steroid dienone is 6. The van der Waals surface area contributed by atoms with Gasteiger partial charge in [-0.3, -0.25) is 19.2 Å². The Kier molecular flexibility index (Phi) is 7.58. The molecular formula is C26H28N2O7. The Hall–Kier alpha value is -4.14. The predicted molar refractivity (Wildman–Crippen MR) is 130 cm³/mol. The molecule has 0 spiro atoms. The Morgan fingerprint density at radius 3 is 2.06 bits per heavy atom. The fraction of sp³-hybridized carbons (Fsp3) is 0.308. The van der Waals surface area contributed by atoms with Gasteiger partial charge in [0.25, 0.3) is 0 Å². The first-order valence-electron chi connectivity index (χ1n) is 11.4. The summed E-state index contributed by atoms with van der Waals surface area (Å²) in [4.78, 5) is 53.0. The number of phenolic OH excluding ortho intramolecular Hbond substituents is 1. The maximum absolute atomic E-state index is 12.8. The number of benzene rings is 1. The quantitative estimate of drug-likeness (QED) is 0.360. The second-order valence-corrected chi connectivity index (χ2v) is 8.03. The van der Waals surface area contributed by atoms with E-state index in [2.05, 4.69) is 0 Å². The predicted octanol–water partition coefficient (Wildman–Crippen LogP) is 2.78. The molecule has 0 aromatic heterocycles. The zero-order valence-corrected chi connectivity index (χ0v) is 19.9. The van der Waals surface area contributed by atoms with E-state index in [1.54, 1.807) is 17.0 Å². The molecule has 184 valence electrons. The Labute approximate surface area is 203 Å². The number of carbonyl (C=O) groups is 4. The van der Waals surface area contributed by atoms with E-state index in [9.17, 15) is 29.4 Å². The van der Waals surface area contributed by atoms with Crippen molar-refractivity contribution >= 4 is 34.6 Å². The molecule has 0 saturated heterocycles. The number of nitrogens with zero attached hydrogens (tertiary/aromatic N) is 2. The van der Waals surface area contributed by atoms with Gasteiger partial charge in [0, 0.05) is 60.8 Å². The number of carbonyl (C=O) groups excluding carboxylic acids is 3. The summed E-state index contributed by atoms with van der Waals surface area (Å²) in [5, 5.41) is 30.4. The summed E-state index contributed by atoms with van der Waals surface area (Å²) in [6.07, 6.45) is 4.34. The standard InChI is InChI=1S/C26H28N2O7/c1-4-27(5-2)15-7-9-17(19(29)13-15)22-24(33)23(26(35)25(22)34)18-10-8-16(14-20(18)30)28(6-3)12-11-21(31)32/h7-10,13-14,30,33H,4-6,11-12H2,1-3H3,(H,31,32)/b22-17-. The Morgan fingerprint density at radius 2 is 1.51 bits per heavy atom. The van der Waals surface area contributed by atoms with Gasteiger partial charge in [-0.2, -0.15) is 0 Å². The van der Waals surface area contributed by atoms with Crippen molar-refractivity contribution in [2.75, 3.05) is 31.1 Å². The highest BCUT2D eigenvalue weighted by Gasteiger charge is 2.41. The van der Waals surface area contributed by atoms with E-state index in [0.717, 1.165) is 0 Å². The first kappa shape index (κ1) is 25.5. The number of aromatic hydroxyl groups is 1. The van der Waals surface area contributed by atoms with Crippen LogP contribution >= 0.6 is 0 Å². The SMILES string of the molecule is CCN(CC)C1=CC(=O)/C(=C2\C(=O)C(=O)C(c3ccc(N(CC)CCC(=O)O)cc3O)=C2O)C=C1. The van der Waals surface area contributed by atoms with Gasteiger partial charge in [0.1, 0.15) is 11.5 Å². The molecule has 3 N–H and O–H groups in total. The van der Waals surface area contributed by atoms with Crippen molar-refractivity contribution < 1.29 is 34.5 Å². The molecule has 0 radical (unpaired) electrons. The van der Waals surface area contributed by atoms with E-state index in [-0.39, 0.29) is 41.0 Å². The van der Waals surface area contributed by atoms with Crippen molar-refractivity contribution in [1.29, 1.82) is 0 Å². The van der Waals surface area contributed by atoms with Gasteiger partial charge in [-0.15, -0.1) is 0 Å². The van der Waals surface area contributed by atoms with Crippen LogP contribution in [0.25, 0.3) is 5.57 Å². The van der Waals surface area contributed by atoms with E-state index < -0.39 is 29.1 Å². The van der Waals surface area contributed by atoms with Crippen molar-refractivity contribution in [3.05, 3.63) is 64.6 Å². The molecule has 9 nitrogen and oxygen atoms in total. The van der Waals surface area contributed by atoms with Crippen LogP contribution in [0.2, 0.25) is 0 Å². The zero-order valence-electron chi connectivity index (χ0n) is 19.9. The second kappa shape index (κ2) is 10.4. The lowest BCUT2D eigenvalue weighted by Crippen LogP contribution is -2.25. The number of hydrogen-bond donors (Lipinski definition) is 3. The van der Waals surface area contributed by atoms with Crippen molar-refractivity contribution in [2.45, 2.75) is 27.2 Å². The topological polar surface area (TPSA) is 135 Å².